The van der Waals surface area contributed by atoms with E-state index in [4.69, 9.17) is 11.6 Å². The highest BCUT2D eigenvalue weighted by molar-refractivity contribution is 6.31. The number of halogens is 1. The summed E-state index contributed by atoms with van der Waals surface area (Å²) in [5.41, 5.74) is 3.53. The highest BCUT2D eigenvalue weighted by atomic mass is 35.5. The summed E-state index contributed by atoms with van der Waals surface area (Å²) < 4.78 is 0. The fraction of sp³-hybridized carbons (Fsp3) is 0.167. The fourth-order valence-corrected chi connectivity index (χ4v) is 3.08. The number of aryl methyl sites for hydroxylation is 1. The van der Waals surface area contributed by atoms with Crippen LogP contribution in [0.2, 0.25) is 5.02 Å². The average molecular weight is 422 g/mol. The van der Waals surface area contributed by atoms with Gasteiger partial charge in [0.15, 0.2) is 0 Å². The quantitative estimate of drug-likeness (QED) is 0.471. The summed E-state index contributed by atoms with van der Waals surface area (Å²) in [5.74, 6) is -0.160. The summed E-state index contributed by atoms with van der Waals surface area (Å²) in [6.07, 6.45) is 1.13. The van der Waals surface area contributed by atoms with E-state index >= 15 is 0 Å². The molecule has 30 heavy (non-hydrogen) atoms. The van der Waals surface area contributed by atoms with Gasteiger partial charge in [0.05, 0.1) is 6.54 Å². The van der Waals surface area contributed by atoms with Crippen LogP contribution >= 0.6 is 11.6 Å². The molecule has 0 unspecified atom stereocenters. The van der Waals surface area contributed by atoms with E-state index in [2.05, 4.69) is 16.0 Å². The molecule has 3 aromatic carbocycles. The summed E-state index contributed by atoms with van der Waals surface area (Å²) in [4.78, 5) is 24.1. The molecule has 3 rings (SSSR count). The molecule has 0 saturated heterocycles. The topological polar surface area (TPSA) is 70.2 Å². The van der Waals surface area contributed by atoms with Crippen LogP contribution in [0, 0.1) is 0 Å². The highest BCUT2D eigenvalue weighted by Gasteiger charge is 2.05. The largest absolute Gasteiger partial charge is 0.376 e. The maximum atomic E-state index is 12.1. The van der Waals surface area contributed by atoms with E-state index in [1.54, 1.807) is 6.07 Å². The maximum Gasteiger partial charge on any atom is 0.239 e. The molecule has 3 N–H and O–H groups in total. The number of rotatable bonds is 9. The second-order valence-electron chi connectivity index (χ2n) is 6.83. The Morgan fingerprint density at radius 3 is 2.17 bits per heavy atom. The van der Waals surface area contributed by atoms with Gasteiger partial charge in [-0.05, 0) is 47.9 Å². The minimum absolute atomic E-state index is 0.0292. The molecule has 3 aromatic rings. The van der Waals surface area contributed by atoms with Crippen LogP contribution in [0.25, 0.3) is 0 Å². The lowest BCUT2D eigenvalue weighted by Gasteiger charge is -2.10. The van der Waals surface area contributed by atoms with E-state index in [9.17, 15) is 9.59 Å². The van der Waals surface area contributed by atoms with Crippen molar-refractivity contribution in [1.82, 2.24) is 5.32 Å². The number of benzene rings is 3. The van der Waals surface area contributed by atoms with Crippen molar-refractivity contribution in [3.05, 3.63) is 95.0 Å². The Hall–Kier alpha value is -3.31. The second-order valence-corrected chi connectivity index (χ2v) is 7.24. The Balaban J connectivity index is 1.39. The lowest BCUT2D eigenvalue weighted by atomic mass is 10.1. The van der Waals surface area contributed by atoms with Gasteiger partial charge < -0.3 is 16.0 Å². The van der Waals surface area contributed by atoms with Gasteiger partial charge in [-0.2, -0.15) is 0 Å². The molecule has 6 heteroatoms. The van der Waals surface area contributed by atoms with Crippen LogP contribution in [-0.4, -0.2) is 18.4 Å². The number of anilines is 2. The van der Waals surface area contributed by atoms with Gasteiger partial charge in [0.1, 0.15) is 0 Å². The highest BCUT2D eigenvalue weighted by Crippen LogP contribution is 2.15. The number of hydrogen-bond acceptors (Lipinski definition) is 3. The smallest absolute Gasteiger partial charge is 0.239 e. The van der Waals surface area contributed by atoms with Crippen LogP contribution < -0.4 is 16.0 Å². The number of carbonyl (C=O) groups excluding carboxylic acids is 2. The van der Waals surface area contributed by atoms with Crippen LogP contribution in [0.1, 0.15) is 17.5 Å². The average Bonchev–Trinajstić information content (AvgIpc) is 2.77. The Kier molecular flexibility index (Phi) is 7.86. The summed E-state index contributed by atoms with van der Waals surface area (Å²) >= 11 is 6.09. The van der Waals surface area contributed by atoms with Crippen molar-refractivity contribution in [3.63, 3.8) is 0 Å². The van der Waals surface area contributed by atoms with Gasteiger partial charge in [0.25, 0.3) is 0 Å². The number of amides is 2. The molecule has 0 bridgehead atoms. The van der Waals surface area contributed by atoms with Crippen molar-refractivity contribution < 1.29 is 9.59 Å². The predicted molar refractivity (Wildman–Crippen MR) is 122 cm³/mol. The Labute approximate surface area is 181 Å². The zero-order chi connectivity index (χ0) is 21.2. The monoisotopic (exact) mass is 421 g/mol. The zero-order valence-electron chi connectivity index (χ0n) is 16.5. The Bertz CT molecular complexity index is 975. The molecule has 154 valence electrons. The van der Waals surface area contributed by atoms with Gasteiger partial charge in [0, 0.05) is 29.4 Å². The van der Waals surface area contributed by atoms with Gasteiger partial charge in [-0.15, -0.1) is 0 Å². The van der Waals surface area contributed by atoms with E-state index in [-0.39, 0.29) is 18.4 Å². The van der Waals surface area contributed by atoms with Crippen LogP contribution in [0.5, 0.6) is 0 Å². The van der Waals surface area contributed by atoms with E-state index in [1.165, 1.54) is 0 Å². The van der Waals surface area contributed by atoms with Gasteiger partial charge in [-0.25, -0.2) is 0 Å². The molecular weight excluding hydrogens is 398 g/mol. The predicted octanol–water partition coefficient (Wildman–Crippen LogP) is 4.64. The van der Waals surface area contributed by atoms with Crippen LogP contribution in [0.4, 0.5) is 11.4 Å². The molecule has 0 heterocycles. The van der Waals surface area contributed by atoms with Gasteiger partial charge in [-0.3, -0.25) is 9.59 Å². The molecule has 0 fully saturated rings. The summed E-state index contributed by atoms with van der Waals surface area (Å²) in [6.45, 7) is 0.529. The Morgan fingerprint density at radius 2 is 1.43 bits per heavy atom. The fourth-order valence-electron chi connectivity index (χ4n) is 2.88. The molecule has 5 nitrogen and oxygen atoms in total. The standard InChI is InChI=1S/C24H24ClN3O2/c25-22-9-5-4-8-19(22)16-27-24(30)17-26-20-11-13-21(14-12-20)28-23(29)15-10-18-6-2-1-3-7-18/h1-9,11-14,26H,10,15-17H2,(H,27,30)(H,28,29). The molecule has 0 atom stereocenters. The van der Waals surface area contributed by atoms with Crippen molar-refractivity contribution in [2.45, 2.75) is 19.4 Å². The van der Waals surface area contributed by atoms with E-state index in [1.807, 2.05) is 72.8 Å². The molecule has 0 radical (unpaired) electrons. The van der Waals surface area contributed by atoms with Crippen LogP contribution in [0.15, 0.2) is 78.9 Å². The first-order valence-corrected chi connectivity index (χ1v) is 10.2. The normalized spacial score (nSPS) is 10.3. The number of nitrogens with one attached hydrogen (secondary N) is 3. The van der Waals surface area contributed by atoms with Gasteiger partial charge in [0.2, 0.25) is 11.8 Å². The van der Waals surface area contributed by atoms with Crippen LogP contribution in [0.3, 0.4) is 0 Å². The third-order valence-corrected chi connectivity index (χ3v) is 4.91. The van der Waals surface area contributed by atoms with Crippen molar-refractivity contribution in [1.29, 1.82) is 0 Å². The molecule has 0 aliphatic carbocycles. The number of hydrogen-bond donors (Lipinski definition) is 3. The van der Waals surface area contributed by atoms with Crippen molar-refractivity contribution >= 4 is 34.8 Å². The van der Waals surface area contributed by atoms with E-state index in [0.717, 1.165) is 22.5 Å². The summed E-state index contributed by atoms with van der Waals surface area (Å²) in [6, 6.07) is 24.6. The molecule has 0 spiro atoms. The van der Waals surface area contributed by atoms with Crippen molar-refractivity contribution in [2.75, 3.05) is 17.2 Å². The minimum Gasteiger partial charge on any atom is -0.376 e. The minimum atomic E-state index is -0.131. The summed E-state index contributed by atoms with van der Waals surface area (Å²) in [5, 5.41) is 9.42. The van der Waals surface area contributed by atoms with Gasteiger partial charge >= 0.3 is 0 Å². The van der Waals surface area contributed by atoms with Crippen molar-refractivity contribution in [3.8, 4) is 0 Å². The van der Waals surface area contributed by atoms with E-state index < -0.39 is 0 Å². The SMILES string of the molecule is O=C(CNc1ccc(NC(=O)CCc2ccccc2)cc1)NCc1ccccc1Cl. The molecule has 0 aromatic heterocycles. The molecule has 2 amide bonds. The Morgan fingerprint density at radius 1 is 0.767 bits per heavy atom. The third kappa shape index (κ3) is 6.94. The molecule has 0 aliphatic rings. The third-order valence-electron chi connectivity index (χ3n) is 4.54. The summed E-state index contributed by atoms with van der Waals surface area (Å²) in [7, 11) is 0. The molecular formula is C24H24ClN3O2. The maximum absolute atomic E-state index is 12.1. The second kappa shape index (κ2) is 11.0. The first-order chi connectivity index (χ1) is 14.6. The number of carbonyl (C=O) groups is 2. The van der Waals surface area contributed by atoms with Crippen molar-refractivity contribution in [2.24, 2.45) is 0 Å². The zero-order valence-corrected chi connectivity index (χ0v) is 17.3. The van der Waals surface area contributed by atoms with E-state index in [0.29, 0.717) is 24.4 Å². The van der Waals surface area contributed by atoms with Crippen LogP contribution in [-0.2, 0) is 22.6 Å². The first-order valence-electron chi connectivity index (χ1n) is 9.78. The van der Waals surface area contributed by atoms with Gasteiger partial charge in [-0.1, -0.05) is 60.1 Å². The molecule has 0 saturated carbocycles. The lowest BCUT2D eigenvalue weighted by Crippen LogP contribution is -2.29. The molecule has 0 aliphatic heterocycles. The first kappa shape index (κ1) is 21.4. The lowest BCUT2D eigenvalue weighted by molar-refractivity contribution is -0.119.